The van der Waals surface area contributed by atoms with Crippen LogP contribution in [0.3, 0.4) is 0 Å². The van der Waals surface area contributed by atoms with Gasteiger partial charge in [-0.25, -0.2) is 22.3 Å². The highest BCUT2D eigenvalue weighted by molar-refractivity contribution is 7.89. The Morgan fingerprint density at radius 2 is 2.12 bits per heavy atom. The SMILES string of the molecule is COc1nc(S(N)(=O)=O)c(C(F)F)cc1O. The van der Waals surface area contributed by atoms with Crippen molar-refractivity contribution in [1.29, 1.82) is 0 Å². The molecule has 6 nitrogen and oxygen atoms in total. The zero-order valence-electron chi connectivity index (χ0n) is 8.02. The molecule has 0 spiro atoms. The predicted molar refractivity (Wildman–Crippen MR) is 48.8 cm³/mol. The van der Waals surface area contributed by atoms with Gasteiger partial charge in [0.2, 0.25) is 0 Å². The number of aromatic nitrogens is 1. The maximum atomic E-state index is 12.5. The molecule has 1 heterocycles. The number of nitrogens with zero attached hydrogens (tertiary/aromatic N) is 1. The van der Waals surface area contributed by atoms with Crippen molar-refractivity contribution in [1.82, 2.24) is 4.98 Å². The lowest BCUT2D eigenvalue weighted by molar-refractivity contribution is 0.146. The number of halogens is 2. The van der Waals surface area contributed by atoms with Crippen LogP contribution in [0.4, 0.5) is 8.78 Å². The number of rotatable bonds is 3. The standard InChI is InChI=1S/C7H8F2N2O4S/c1-15-6-4(12)2-3(5(8)9)7(11-6)16(10,13)14/h2,5,12H,1H3,(H2,10,13,14). The van der Waals surface area contributed by atoms with Crippen molar-refractivity contribution < 1.29 is 27.0 Å². The first-order valence-corrected chi connectivity index (χ1v) is 5.41. The molecule has 0 fully saturated rings. The molecule has 0 saturated carbocycles. The molecule has 3 N–H and O–H groups in total. The van der Waals surface area contributed by atoms with Crippen LogP contribution in [0.1, 0.15) is 12.0 Å². The molecule has 0 amide bonds. The zero-order chi connectivity index (χ0) is 12.5. The molecule has 9 heteroatoms. The molecule has 0 aliphatic heterocycles. The highest BCUT2D eigenvalue weighted by Crippen LogP contribution is 2.32. The van der Waals surface area contributed by atoms with Crippen molar-refractivity contribution in [3.8, 4) is 11.6 Å². The van der Waals surface area contributed by atoms with E-state index in [4.69, 9.17) is 5.14 Å². The maximum Gasteiger partial charge on any atom is 0.266 e. The summed E-state index contributed by atoms with van der Waals surface area (Å²) in [4.78, 5) is 3.22. The van der Waals surface area contributed by atoms with Gasteiger partial charge in [-0.1, -0.05) is 0 Å². The Hall–Kier alpha value is -1.48. The molecule has 1 aromatic heterocycles. The number of pyridine rings is 1. The van der Waals surface area contributed by atoms with E-state index < -0.39 is 38.7 Å². The van der Waals surface area contributed by atoms with Gasteiger partial charge in [-0.3, -0.25) is 0 Å². The molecule has 0 radical (unpaired) electrons. The average Bonchev–Trinajstić information content (AvgIpc) is 2.15. The quantitative estimate of drug-likeness (QED) is 0.811. The second kappa shape index (κ2) is 4.18. The normalized spacial score (nSPS) is 11.8. The molecule has 1 rings (SSSR count). The maximum absolute atomic E-state index is 12.5. The Bertz CT molecular complexity index is 503. The molecule has 0 aliphatic rings. The van der Waals surface area contributed by atoms with Gasteiger partial charge in [-0.15, -0.1) is 0 Å². The summed E-state index contributed by atoms with van der Waals surface area (Å²) < 4.78 is 51.4. The predicted octanol–water partition coefficient (Wildman–Crippen LogP) is 0.381. The van der Waals surface area contributed by atoms with Crippen LogP contribution in [0.25, 0.3) is 0 Å². The largest absolute Gasteiger partial charge is 0.503 e. The summed E-state index contributed by atoms with van der Waals surface area (Å²) in [6.07, 6.45) is -3.13. The van der Waals surface area contributed by atoms with Crippen molar-refractivity contribution in [3.63, 3.8) is 0 Å². The number of hydrogen-bond donors (Lipinski definition) is 2. The third-order valence-electron chi connectivity index (χ3n) is 1.66. The zero-order valence-corrected chi connectivity index (χ0v) is 8.83. The van der Waals surface area contributed by atoms with Crippen LogP contribution in [-0.2, 0) is 10.0 Å². The van der Waals surface area contributed by atoms with E-state index in [1.165, 1.54) is 0 Å². The van der Waals surface area contributed by atoms with Gasteiger partial charge < -0.3 is 9.84 Å². The fourth-order valence-corrected chi connectivity index (χ4v) is 1.71. The minimum Gasteiger partial charge on any atom is -0.503 e. The number of hydrogen-bond acceptors (Lipinski definition) is 5. The summed E-state index contributed by atoms with van der Waals surface area (Å²) in [6, 6.07) is 0.552. The van der Waals surface area contributed by atoms with Crippen LogP contribution >= 0.6 is 0 Å². The van der Waals surface area contributed by atoms with Gasteiger partial charge in [0.25, 0.3) is 22.3 Å². The Labute approximate surface area is 89.7 Å². The number of methoxy groups -OCH3 is 1. The lowest BCUT2D eigenvalue weighted by Crippen LogP contribution is -2.17. The topological polar surface area (TPSA) is 103 Å². The fraction of sp³-hybridized carbons (Fsp3) is 0.286. The van der Waals surface area contributed by atoms with E-state index >= 15 is 0 Å². The van der Waals surface area contributed by atoms with E-state index in [1.807, 2.05) is 0 Å². The number of primary sulfonamides is 1. The van der Waals surface area contributed by atoms with Crippen LogP contribution in [0.15, 0.2) is 11.1 Å². The van der Waals surface area contributed by atoms with Crippen LogP contribution in [0.5, 0.6) is 11.6 Å². The van der Waals surface area contributed by atoms with Gasteiger partial charge in [0, 0.05) is 0 Å². The van der Waals surface area contributed by atoms with Crippen molar-refractivity contribution in [2.75, 3.05) is 7.11 Å². The minimum atomic E-state index is -4.41. The van der Waals surface area contributed by atoms with Crippen molar-refractivity contribution in [2.24, 2.45) is 5.14 Å². The summed E-state index contributed by atoms with van der Waals surface area (Å²) in [5, 5.41) is 12.9. The summed E-state index contributed by atoms with van der Waals surface area (Å²) >= 11 is 0. The first-order chi connectivity index (χ1) is 7.27. The minimum absolute atomic E-state index is 0.492. The van der Waals surface area contributed by atoms with Crippen LogP contribution in [0.2, 0.25) is 0 Å². The summed E-state index contributed by atoms with van der Waals surface area (Å²) in [5.41, 5.74) is -0.971. The molecule has 0 saturated heterocycles. The van der Waals surface area contributed by atoms with E-state index in [-0.39, 0.29) is 0 Å². The Kier molecular flexibility index (Phi) is 3.29. The van der Waals surface area contributed by atoms with Gasteiger partial charge in [-0.2, -0.15) is 4.98 Å². The molecule has 0 atom stereocenters. The molecule has 0 aromatic carbocycles. The Morgan fingerprint density at radius 3 is 2.50 bits per heavy atom. The number of nitrogens with two attached hydrogens (primary N) is 1. The lowest BCUT2D eigenvalue weighted by atomic mass is 10.3. The van der Waals surface area contributed by atoms with Gasteiger partial charge in [-0.05, 0) is 6.07 Å². The van der Waals surface area contributed by atoms with Crippen molar-refractivity contribution in [2.45, 2.75) is 11.5 Å². The van der Waals surface area contributed by atoms with E-state index in [1.54, 1.807) is 0 Å². The van der Waals surface area contributed by atoms with Crippen molar-refractivity contribution >= 4 is 10.0 Å². The van der Waals surface area contributed by atoms with Crippen LogP contribution in [-0.4, -0.2) is 25.6 Å². The van der Waals surface area contributed by atoms with Crippen LogP contribution in [0, 0.1) is 0 Å². The summed E-state index contributed by atoms with van der Waals surface area (Å²) in [5.74, 6) is -1.18. The second-order valence-electron chi connectivity index (χ2n) is 2.76. The third-order valence-corrected chi connectivity index (χ3v) is 2.53. The molecule has 0 aliphatic carbocycles. The lowest BCUT2D eigenvalue weighted by Gasteiger charge is -2.09. The highest BCUT2D eigenvalue weighted by Gasteiger charge is 2.25. The first kappa shape index (κ1) is 12.6. The number of aromatic hydroxyl groups is 1. The number of sulfonamides is 1. The molecule has 1 aromatic rings. The molecule has 0 bridgehead atoms. The third kappa shape index (κ3) is 2.36. The Balaban J connectivity index is 3.56. The van der Waals surface area contributed by atoms with Gasteiger partial charge >= 0.3 is 0 Å². The second-order valence-corrected chi connectivity index (χ2v) is 4.23. The fourth-order valence-electron chi connectivity index (χ4n) is 1.02. The Morgan fingerprint density at radius 1 is 1.56 bits per heavy atom. The van der Waals surface area contributed by atoms with E-state index in [0.717, 1.165) is 7.11 Å². The highest BCUT2D eigenvalue weighted by atomic mass is 32.2. The van der Waals surface area contributed by atoms with Crippen LogP contribution < -0.4 is 9.88 Å². The monoisotopic (exact) mass is 254 g/mol. The summed E-state index contributed by atoms with van der Waals surface area (Å²) in [6.45, 7) is 0. The smallest absolute Gasteiger partial charge is 0.266 e. The molecule has 90 valence electrons. The molecule has 0 unspecified atom stereocenters. The van der Waals surface area contributed by atoms with E-state index in [9.17, 15) is 22.3 Å². The number of ether oxygens (including phenoxy) is 1. The van der Waals surface area contributed by atoms with Gasteiger partial charge in [0.1, 0.15) is 0 Å². The van der Waals surface area contributed by atoms with Gasteiger partial charge in [0.15, 0.2) is 10.8 Å². The average molecular weight is 254 g/mol. The van der Waals surface area contributed by atoms with E-state index in [0.29, 0.717) is 6.07 Å². The number of alkyl halides is 2. The van der Waals surface area contributed by atoms with E-state index in [2.05, 4.69) is 9.72 Å². The molecule has 16 heavy (non-hydrogen) atoms. The van der Waals surface area contributed by atoms with Crippen molar-refractivity contribution in [3.05, 3.63) is 11.6 Å². The molecular formula is C7H8F2N2O4S. The van der Waals surface area contributed by atoms with Gasteiger partial charge in [0.05, 0.1) is 12.7 Å². The first-order valence-electron chi connectivity index (χ1n) is 3.86. The summed E-state index contributed by atoms with van der Waals surface area (Å²) in [7, 11) is -3.32. The molecular weight excluding hydrogens is 246 g/mol.